The molecule has 0 aromatic heterocycles. The van der Waals surface area contributed by atoms with Gasteiger partial charge in [-0.15, -0.1) is 12.6 Å². The molecule has 110 valence electrons. The lowest BCUT2D eigenvalue weighted by atomic mass is 9.72. The first kappa shape index (κ1) is 15.9. The van der Waals surface area contributed by atoms with Crippen LogP contribution in [0.4, 0.5) is 0 Å². The van der Waals surface area contributed by atoms with Gasteiger partial charge in [-0.25, -0.2) is 0 Å². The third kappa shape index (κ3) is 3.04. The van der Waals surface area contributed by atoms with Crippen molar-refractivity contribution in [1.82, 2.24) is 10.2 Å². The average molecular weight is 294 g/mol. The van der Waals surface area contributed by atoms with Crippen LogP contribution in [0, 0.1) is 20.8 Å². The first-order valence-corrected chi connectivity index (χ1v) is 7.49. The molecule has 1 aliphatic heterocycles. The van der Waals surface area contributed by atoms with Crippen LogP contribution in [0.5, 0.6) is 0 Å². The third-order valence-electron chi connectivity index (χ3n) is 4.27. The highest BCUT2D eigenvalue weighted by Gasteiger charge is 2.24. The van der Waals surface area contributed by atoms with Gasteiger partial charge in [0, 0.05) is 37.6 Å². The Labute approximate surface area is 126 Å². The summed E-state index contributed by atoms with van der Waals surface area (Å²) < 4.78 is 0. The second-order valence-electron chi connectivity index (χ2n) is 5.52. The molecule has 4 nitrogen and oxygen atoms in total. The fraction of sp³-hybridized carbons (Fsp3) is 0.571. The van der Waals surface area contributed by atoms with Crippen molar-refractivity contribution in [2.45, 2.75) is 32.2 Å². The third-order valence-corrected chi connectivity index (χ3v) is 4.94. The molecule has 1 fully saturated rings. The molecule has 1 aliphatic rings. The number of thiol groups is 1. The van der Waals surface area contributed by atoms with Gasteiger partial charge < -0.3 is 15.4 Å². The standard InChI is InChI=1S/C14H23BN2O2S/c1-9-12(8-17-6-4-16-5-7-17)10(2)14(20)11(3)13(9)15(18)19/h16,18-20H,4-8H2,1-3H3. The van der Waals surface area contributed by atoms with E-state index in [0.29, 0.717) is 5.46 Å². The summed E-state index contributed by atoms with van der Waals surface area (Å²) in [6.45, 7) is 10.8. The molecule has 1 aromatic rings. The Morgan fingerprint density at radius 3 is 2.25 bits per heavy atom. The lowest BCUT2D eigenvalue weighted by Crippen LogP contribution is -2.43. The van der Waals surface area contributed by atoms with Gasteiger partial charge in [0.1, 0.15) is 0 Å². The van der Waals surface area contributed by atoms with E-state index < -0.39 is 7.12 Å². The maximum Gasteiger partial charge on any atom is 0.489 e. The van der Waals surface area contributed by atoms with Gasteiger partial charge in [-0.1, -0.05) is 0 Å². The highest BCUT2D eigenvalue weighted by atomic mass is 32.1. The van der Waals surface area contributed by atoms with E-state index >= 15 is 0 Å². The summed E-state index contributed by atoms with van der Waals surface area (Å²) in [5.41, 5.74) is 4.76. The van der Waals surface area contributed by atoms with Crippen LogP contribution in [0.25, 0.3) is 0 Å². The SMILES string of the molecule is Cc1c(S)c(C)c(B(O)O)c(C)c1CN1CCNCC1. The van der Waals surface area contributed by atoms with Gasteiger partial charge in [0.05, 0.1) is 0 Å². The van der Waals surface area contributed by atoms with Crippen LogP contribution in [0.15, 0.2) is 4.90 Å². The molecule has 1 aromatic carbocycles. The Hall–Kier alpha value is -0.525. The molecule has 0 radical (unpaired) electrons. The van der Waals surface area contributed by atoms with E-state index in [2.05, 4.69) is 29.8 Å². The number of piperazine rings is 1. The van der Waals surface area contributed by atoms with Crippen molar-refractivity contribution in [2.75, 3.05) is 26.2 Å². The molecule has 1 saturated heterocycles. The van der Waals surface area contributed by atoms with E-state index in [0.717, 1.165) is 54.3 Å². The van der Waals surface area contributed by atoms with E-state index in [-0.39, 0.29) is 0 Å². The second kappa shape index (κ2) is 6.49. The molecule has 3 N–H and O–H groups in total. The van der Waals surface area contributed by atoms with E-state index in [1.165, 1.54) is 5.56 Å². The van der Waals surface area contributed by atoms with Gasteiger partial charge in [-0.3, -0.25) is 4.90 Å². The van der Waals surface area contributed by atoms with Gasteiger partial charge in [0.15, 0.2) is 0 Å². The van der Waals surface area contributed by atoms with Crippen molar-refractivity contribution in [3.8, 4) is 0 Å². The molecule has 0 amide bonds. The van der Waals surface area contributed by atoms with Crippen LogP contribution in [0.3, 0.4) is 0 Å². The van der Waals surface area contributed by atoms with Crippen LogP contribution >= 0.6 is 12.6 Å². The monoisotopic (exact) mass is 294 g/mol. The molecule has 0 spiro atoms. The summed E-state index contributed by atoms with van der Waals surface area (Å²) in [6.07, 6.45) is 0. The molecule has 0 unspecified atom stereocenters. The molecule has 1 heterocycles. The Morgan fingerprint density at radius 2 is 1.70 bits per heavy atom. The van der Waals surface area contributed by atoms with Crippen molar-refractivity contribution in [3.63, 3.8) is 0 Å². The zero-order valence-electron chi connectivity index (χ0n) is 12.4. The molecule has 20 heavy (non-hydrogen) atoms. The predicted octanol–water partition coefficient (Wildman–Crippen LogP) is -0.0144. The van der Waals surface area contributed by atoms with Crippen molar-refractivity contribution < 1.29 is 10.0 Å². The molecule has 2 rings (SSSR count). The van der Waals surface area contributed by atoms with Gasteiger partial charge >= 0.3 is 7.12 Å². The van der Waals surface area contributed by atoms with Crippen LogP contribution < -0.4 is 10.8 Å². The van der Waals surface area contributed by atoms with Gasteiger partial charge in [-0.05, 0) is 48.5 Å². The summed E-state index contributed by atoms with van der Waals surface area (Å²) in [5.74, 6) is 0. The maximum absolute atomic E-state index is 9.63. The molecule has 6 heteroatoms. The average Bonchev–Trinajstić information content (AvgIpc) is 2.42. The molecule has 0 saturated carbocycles. The topological polar surface area (TPSA) is 55.7 Å². The lowest BCUT2D eigenvalue weighted by molar-refractivity contribution is 0.232. The summed E-state index contributed by atoms with van der Waals surface area (Å²) in [5, 5.41) is 22.6. The van der Waals surface area contributed by atoms with Crippen LogP contribution in [-0.4, -0.2) is 48.2 Å². The van der Waals surface area contributed by atoms with E-state index in [9.17, 15) is 10.0 Å². The fourth-order valence-corrected chi connectivity index (χ4v) is 3.25. The minimum absolute atomic E-state index is 0.603. The Bertz CT molecular complexity index is 503. The van der Waals surface area contributed by atoms with Gasteiger partial charge in [0.25, 0.3) is 0 Å². The number of nitrogens with one attached hydrogen (secondary N) is 1. The Morgan fingerprint density at radius 1 is 1.10 bits per heavy atom. The first-order valence-electron chi connectivity index (χ1n) is 7.04. The van der Waals surface area contributed by atoms with Gasteiger partial charge in [-0.2, -0.15) is 0 Å². The van der Waals surface area contributed by atoms with Crippen LogP contribution in [-0.2, 0) is 6.54 Å². The van der Waals surface area contributed by atoms with Crippen molar-refractivity contribution >= 4 is 25.2 Å². The van der Waals surface area contributed by atoms with Crippen molar-refractivity contribution in [2.24, 2.45) is 0 Å². The highest BCUT2D eigenvalue weighted by molar-refractivity contribution is 7.80. The molecule has 0 bridgehead atoms. The molecular weight excluding hydrogens is 271 g/mol. The lowest BCUT2D eigenvalue weighted by Gasteiger charge is -2.30. The van der Waals surface area contributed by atoms with E-state index in [4.69, 9.17) is 0 Å². The van der Waals surface area contributed by atoms with Crippen molar-refractivity contribution in [1.29, 1.82) is 0 Å². The van der Waals surface area contributed by atoms with Crippen molar-refractivity contribution in [3.05, 3.63) is 22.3 Å². The number of benzene rings is 1. The zero-order chi connectivity index (χ0) is 14.9. The Balaban J connectivity index is 2.41. The number of nitrogens with zero attached hydrogens (tertiary/aromatic N) is 1. The fourth-order valence-electron chi connectivity index (χ4n) is 2.99. The van der Waals surface area contributed by atoms with Crippen LogP contribution in [0.2, 0.25) is 0 Å². The summed E-state index contributed by atoms with van der Waals surface area (Å²) in [7, 11) is -1.44. The second-order valence-corrected chi connectivity index (χ2v) is 5.96. The van der Waals surface area contributed by atoms with Crippen LogP contribution in [0.1, 0.15) is 22.3 Å². The normalized spacial score (nSPS) is 16.5. The number of rotatable bonds is 3. The summed E-state index contributed by atoms with van der Waals surface area (Å²) >= 11 is 4.56. The number of hydrogen-bond donors (Lipinski definition) is 4. The highest BCUT2D eigenvalue weighted by Crippen LogP contribution is 2.25. The summed E-state index contributed by atoms with van der Waals surface area (Å²) in [6, 6.07) is 0. The quantitative estimate of drug-likeness (QED) is 0.468. The largest absolute Gasteiger partial charge is 0.489 e. The molecule has 0 aliphatic carbocycles. The summed E-state index contributed by atoms with van der Waals surface area (Å²) in [4.78, 5) is 3.26. The van der Waals surface area contributed by atoms with Gasteiger partial charge in [0.2, 0.25) is 0 Å². The molecule has 0 atom stereocenters. The molecular formula is C14H23BN2O2S. The van der Waals surface area contributed by atoms with E-state index in [1.54, 1.807) is 0 Å². The number of hydrogen-bond acceptors (Lipinski definition) is 5. The zero-order valence-corrected chi connectivity index (χ0v) is 13.3. The van der Waals surface area contributed by atoms with E-state index in [1.807, 2.05) is 13.8 Å². The first-order chi connectivity index (χ1) is 9.43. The predicted molar refractivity (Wildman–Crippen MR) is 85.9 cm³/mol. The smallest absolute Gasteiger partial charge is 0.423 e. The minimum Gasteiger partial charge on any atom is -0.423 e. The maximum atomic E-state index is 9.63. The Kier molecular flexibility index (Phi) is 5.15. The minimum atomic E-state index is -1.44.